The summed E-state index contributed by atoms with van der Waals surface area (Å²) in [5.74, 6) is -0.242. The standard InChI is InChI=1S/C33H24FNPS/c34-27-23-21-25(22-24-27)31-32(35-33(37-31)26-13-5-1-6-14-26)36(28-15-7-2-8-16-28,29-17-9-3-10-18-29)30-19-11-4-12-20-30/h1-24H/q+1. The number of thiazole rings is 1. The van der Waals surface area contributed by atoms with Crippen LogP contribution in [0.15, 0.2) is 146 Å². The fourth-order valence-electron chi connectivity index (χ4n) is 4.80. The van der Waals surface area contributed by atoms with Gasteiger partial charge in [-0.1, -0.05) is 97.1 Å². The smallest absolute Gasteiger partial charge is 0.207 e. The zero-order valence-corrected chi connectivity index (χ0v) is 21.7. The van der Waals surface area contributed by atoms with Crippen LogP contribution in [0.2, 0.25) is 0 Å². The van der Waals surface area contributed by atoms with Crippen molar-refractivity contribution in [2.24, 2.45) is 0 Å². The maximum atomic E-state index is 14.0. The predicted octanol–water partition coefficient (Wildman–Crippen LogP) is 7.24. The number of hydrogen-bond donors (Lipinski definition) is 0. The largest absolute Gasteiger partial charge is 0.217 e. The Morgan fingerprint density at radius 1 is 0.486 bits per heavy atom. The van der Waals surface area contributed by atoms with E-state index in [9.17, 15) is 4.39 Å². The van der Waals surface area contributed by atoms with Crippen molar-refractivity contribution in [3.05, 3.63) is 151 Å². The molecule has 0 fully saturated rings. The van der Waals surface area contributed by atoms with Crippen LogP contribution < -0.4 is 21.3 Å². The first-order chi connectivity index (χ1) is 18.3. The molecule has 178 valence electrons. The summed E-state index contributed by atoms with van der Waals surface area (Å²) in [6.07, 6.45) is 0. The first-order valence-corrected chi connectivity index (χ1v) is 14.8. The predicted molar refractivity (Wildman–Crippen MR) is 158 cm³/mol. The van der Waals surface area contributed by atoms with Crippen molar-refractivity contribution < 1.29 is 4.39 Å². The molecule has 6 aromatic rings. The summed E-state index contributed by atoms with van der Waals surface area (Å²) in [5, 5.41) is 4.67. The monoisotopic (exact) mass is 516 g/mol. The van der Waals surface area contributed by atoms with Crippen LogP contribution in [-0.2, 0) is 0 Å². The Hall–Kier alpha value is -3.91. The van der Waals surface area contributed by atoms with Crippen LogP contribution in [0, 0.1) is 5.82 Å². The average Bonchev–Trinajstić information content (AvgIpc) is 3.42. The van der Waals surface area contributed by atoms with E-state index in [-0.39, 0.29) is 5.82 Å². The Labute approximate surface area is 221 Å². The zero-order valence-electron chi connectivity index (χ0n) is 20.0. The van der Waals surface area contributed by atoms with Gasteiger partial charge in [-0.2, -0.15) is 0 Å². The quantitative estimate of drug-likeness (QED) is 0.213. The van der Waals surface area contributed by atoms with Crippen molar-refractivity contribution in [1.82, 2.24) is 4.98 Å². The lowest BCUT2D eigenvalue weighted by molar-refractivity contribution is 0.628. The van der Waals surface area contributed by atoms with Gasteiger partial charge in [0, 0.05) is 5.56 Å². The number of halogens is 1. The molecule has 5 aromatic carbocycles. The second-order valence-corrected chi connectivity index (χ2v) is 13.0. The van der Waals surface area contributed by atoms with Crippen LogP contribution in [0.25, 0.3) is 21.0 Å². The fraction of sp³-hybridized carbons (Fsp3) is 0. The molecule has 1 nitrogen and oxygen atoms in total. The van der Waals surface area contributed by atoms with Gasteiger partial charge in [0.15, 0.2) is 7.26 Å². The maximum Gasteiger partial charge on any atom is 0.217 e. The molecule has 0 atom stereocenters. The Bertz CT molecular complexity index is 1500. The van der Waals surface area contributed by atoms with E-state index in [1.54, 1.807) is 11.3 Å². The third-order valence-electron chi connectivity index (χ3n) is 6.48. The van der Waals surface area contributed by atoms with Crippen molar-refractivity contribution in [3.63, 3.8) is 0 Å². The van der Waals surface area contributed by atoms with E-state index in [4.69, 9.17) is 4.98 Å². The lowest BCUT2D eigenvalue weighted by atomic mass is 10.2. The Morgan fingerprint density at radius 3 is 1.38 bits per heavy atom. The number of nitrogens with zero attached hydrogens (tertiary/aromatic N) is 1. The van der Waals surface area contributed by atoms with E-state index in [1.807, 2.05) is 30.3 Å². The van der Waals surface area contributed by atoms with Gasteiger partial charge in [0.1, 0.15) is 26.7 Å². The average molecular weight is 517 g/mol. The number of benzene rings is 5. The number of hydrogen-bond acceptors (Lipinski definition) is 2. The Morgan fingerprint density at radius 2 is 0.919 bits per heavy atom. The molecule has 0 N–H and O–H groups in total. The minimum atomic E-state index is -2.41. The van der Waals surface area contributed by atoms with Gasteiger partial charge in [0.2, 0.25) is 5.44 Å². The molecule has 0 unspecified atom stereocenters. The number of rotatable bonds is 6. The van der Waals surface area contributed by atoms with Gasteiger partial charge in [-0.3, -0.25) is 0 Å². The van der Waals surface area contributed by atoms with E-state index >= 15 is 0 Å². The molecule has 0 amide bonds. The summed E-state index contributed by atoms with van der Waals surface area (Å²) < 4.78 is 14.0. The number of aromatic nitrogens is 1. The maximum absolute atomic E-state index is 14.0. The van der Waals surface area contributed by atoms with Gasteiger partial charge in [0.05, 0.1) is 4.88 Å². The van der Waals surface area contributed by atoms with E-state index in [1.165, 1.54) is 28.0 Å². The van der Waals surface area contributed by atoms with Crippen molar-refractivity contribution in [3.8, 4) is 21.0 Å². The molecule has 0 saturated heterocycles. The molecule has 4 heteroatoms. The lowest BCUT2D eigenvalue weighted by Crippen LogP contribution is -2.39. The van der Waals surface area contributed by atoms with E-state index in [2.05, 4.69) is 103 Å². The van der Waals surface area contributed by atoms with Crippen LogP contribution in [0.4, 0.5) is 4.39 Å². The van der Waals surface area contributed by atoms with Gasteiger partial charge in [-0.25, -0.2) is 9.37 Å². The van der Waals surface area contributed by atoms with Gasteiger partial charge < -0.3 is 0 Å². The molecule has 0 aliphatic heterocycles. The van der Waals surface area contributed by atoms with Crippen LogP contribution in [0.5, 0.6) is 0 Å². The highest BCUT2D eigenvalue weighted by atomic mass is 32.1. The highest BCUT2D eigenvalue weighted by Crippen LogP contribution is 2.57. The molecule has 6 rings (SSSR count). The van der Waals surface area contributed by atoms with Crippen molar-refractivity contribution in [2.45, 2.75) is 0 Å². The molecular formula is C33H24FNPS+. The van der Waals surface area contributed by atoms with E-state index in [0.717, 1.165) is 26.4 Å². The van der Waals surface area contributed by atoms with Crippen LogP contribution in [0.1, 0.15) is 0 Å². The molecule has 37 heavy (non-hydrogen) atoms. The summed E-state index contributed by atoms with van der Waals surface area (Å²) in [7, 11) is -2.41. The van der Waals surface area contributed by atoms with Gasteiger partial charge in [0.25, 0.3) is 0 Å². The molecule has 0 saturated carbocycles. The second kappa shape index (κ2) is 10.2. The highest BCUT2D eigenvalue weighted by molar-refractivity contribution is 8.01. The van der Waals surface area contributed by atoms with Gasteiger partial charge >= 0.3 is 0 Å². The normalized spacial score (nSPS) is 11.4. The third-order valence-corrected chi connectivity index (χ3v) is 12.0. The summed E-state index contributed by atoms with van der Waals surface area (Å²) in [4.78, 5) is 6.53. The Balaban J connectivity index is 1.76. The molecule has 0 spiro atoms. The van der Waals surface area contributed by atoms with Crippen molar-refractivity contribution >= 4 is 39.9 Å². The topological polar surface area (TPSA) is 12.9 Å². The summed E-state index contributed by atoms with van der Waals surface area (Å²) in [6.45, 7) is 0. The molecule has 1 aromatic heterocycles. The lowest BCUT2D eigenvalue weighted by Gasteiger charge is -2.26. The summed E-state index contributed by atoms with van der Waals surface area (Å²) in [5.41, 5.74) is 3.10. The van der Waals surface area contributed by atoms with E-state index in [0.29, 0.717) is 0 Å². The van der Waals surface area contributed by atoms with Crippen LogP contribution in [0.3, 0.4) is 0 Å². The molecule has 1 heterocycles. The Kier molecular flexibility index (Phi) is 6.49. The molecule has 0 radical (unpaired) electrons. The van der Waals surface area contributed by atoms with Crippen LogP contribution in [-0.4, -0.2) is 4.98 Å². The zero-order chi connectivity index (χ0) is 25.1. The highest BCUT2D eigenvalue weighted by Gasteiger charge is 2.52. The van der Waals surface area contributed by atoms with E-state index < -0.39 is 7.26 Å². The SMILES string of the molecule is Fc1ccc(-c2sc(-c3ccccc3)nc2[P+](c2ccccc2)(c2ccccc2)c2ccccc2)cc1. The molecule has 0 aliphatic rings. The van der Waals surface area contributed by atoms with Crippen molar-refractivity contribution in [1.29, 1.82) is 0 Å². The molecule has 0 aliphatic carbocycles. The molecule has 0 bridgehead atoms. The summed E-state index contributed by atoms with van der Waals surface area (Å²) >= 11 is 1.68. The van der Waals surface area contributed by atoms with Gasteiger partial charge in [-0.15, -0.1) is 11.3 Å². The second-order valence-electron chi connectivity index (χ2n) is 8.72. The third kappa shape index (κ3) is 4.31. The first-order valence-electron chi connectivity index (χ1n) is 12.2. The van der Waals surface area contributed by atoms with Crippen LogP contribution >= 0.6 is 18.6 Å². The minimum absolute atomic E-state index is 0.242. The minimum Gasteiger partial charge on any atom is -0.207 e. The van der Waals surface area contributed by atoms with Gasteiger partial charge in [-0.05, 0) is 54.1 Å². The molecular weight excluding hydrogens is 492 g/mol. The fourth-order valence-corrected chi connectivity index (χ4v) is 10.6. The van der Waals surface area contributed by atoms with Crippen molar-refractivity contribution in [2.75, 3.05) is 0 Å². The first kappa shape index (κ1) is 23.5. The summed E-state index contributed by atoms with van der Waals surface area (Å²) in [6, 6.07) is 49.3.